The van der Waals surface area contributed by atoms with E-state index in [9.17, 15) is 4.79 Å². The van der Waals surface area contributed by atoms with Gasteiger partial charge < -0.3 is 9.67 Å². The highest BCUT2D eigenvalue weighted by Crippen LogP contribution is 2.22. The number of aromatic nitrogens is 4. The molecule has 1 aromatic carbocycles. The fraction of sp³-hybridized carbons (Fsp3) is 0.214. The third-order valence-electron chi connectivity index (χ3n) is 3.46. The van der Waals surface area contributed by atoms with Crippen molar-refractivity contribution in [3.63, 3.8) is 0 Å². The number of carboxylic acids is 1. The topological polar surface area (TPSA) is 72.9 Å². The number of hydrogen-bond acceptors (Lipinski definition) is 3. The van der Waals surface area contributed by atoms with Crippen LogP contribution in [0.4, 0.5) is 0 Å². The molecule has 1 N–H and O–H groups in total. The molecule has 20 heavy (non-hydrogen) atoms. The third kappa shape index (κ3) is 1.85. The highest BCUT2D eigenvalue weighted by molar-refractivity contribution is 5.92. The Morgan fingerprint density at radius 3 is 2.85 bits per heavy atom. The van der Waals surface area contributed by atoms with Crippen molar-refractivity contribution in [2.75, 3.05) is 0 Å². The maximum Gasteiger partial charge on any atom is 0.335 e. The molecule has 0 aliphatic rings. The minimum Gasteiger partial charge on any atom is -0.478 e. The normalized spacial score (nSPS) is 12.7. The van der Waals surface area contributed by atoms with Crippen LogP contribution in [0.15, 0.2) is 36.7 Å². The molecule has 2 aromatic heterocycles. The van der Waals surface area contributed by atoms with Crippen molar-refractivity contribution in [2.24, 2.45) is 7.05 Å². The Morgan fingerprint density at radius 1 is 1.40 bits per heavy atom. The molecule has 102 valence electrons. The molecule has 1 unspecified atom stereocenters. The molecule has 0 amide bonds. The maximum atomic E-state index is 11.0. The summed E-state index contributed by atoms with van der Waals surface area (Å²) in [5, 5.41) is 13.2. The van der Waals surface area contributed by atoms with Gasteiger partial charge in [0, 0.05) is 19.4 Å². The lowest BCUT2D eigenvalue weighted by molar-refractivity contribution is 0.0697. The zero-order chi connectivity index (χ0) is 14.3. The molecule has 0 aliphatic carbocycles. The monoisotopic (exact) mass is 270 g/mol. The number of aryl methyl sites for hydroxylation is 1. The summed E-state index contributed by atoms with van der Waals surface area (Å²) in [5.41, 5.74) is 1.83. The van der Waals surface area contributed by atoms with Crippen molar-refractivity contribution in [3.8, 4) is 0 Å². The van der Waals surface area contributed by atoms with Crippen molar-refractivity contribution in [1.82, 2.24) is 19.3 Å². The molecule has 0 bridgehead atoms. The number of rotatable bonds is 3. The average Bonchev–Trinajstić information content (AvgIpc) is 3.06. The van der Waals surface area contributed by atoms with E-state index in [0.29, 0.717) is 5.52 Å². The molecule has 0 aliphatic heterocycles. The van der Waals surface area contributed by atoms with Crippen molar-refractivity contribution in [3.05, 3.63) is 48.0 Å². The van der Waals surface area contributed by atoms with Gasteiger partial charge in [0.2, 0.25) is 0 Å². The SMILES string of the molecule is CC(c1nc2cc(C(=O)O)ccc2n1C)n1cccn1. The summed E-state index contributed by atoms with van der Waals surface area (Å²) in [4.78, 5) is 15.6. The van der Waals surface area contributed by atoms with Gasteiger partial charge in [-0.05, 0) is 31.2 Å². The largest absolute Gasteiger partial charge is 0.478 e. The highest BCUT2D eigenvalue weighted by atomic mass is 16.4. The Balaban J connectivity index is 2.13. The average molecular weight is 270 g/mol. The molecule has 0 fully saturated rings. The molecule has 0 saturated heterocycles. The number of imidazole rings is 1. The van der Waals surface area contributed by atoms with E-state index < -0.39 is 5.97 Å². The summed E-state index contributed by atoms with van der Waals surface area (Å²) in [6, 6.07) is 6.81. The van der Waals surface area contributed by atoms with Crippen LogP contribution in [0, 0.1) is 0 Å². The molecule has 6 nitrogen and oxygen atoms in total. The lowest BCUT2D eigenvalue weighted by Crippen LogP contribution is -2.12. The summed E-state index contributed by atoms with van der Waals surface area (Å²) in [6.45, 7) is 2.01. The van der Waals surface area contributed by atoms with Gasteiger partial charge in [0.1, 0.15) is 11.9 Å². The summed E-state index contributed by atoms with van der Waals surface area (Å²) in [7, 11) is 1.92. The molecule has 3 rings (SSSR count). The van der Waals surface area contributed by atoms with Crippen LogP contribution in [0.3, 0.4) is 0 Å². The van der Waals surface area contributed by atoms with E-state index in [1.807, 2.05) is 35.5 Å². The minimum atomic E-state index is -0.945. The van der Waals surface area contributed by atoms with E-state index in [1.165, 1.54) is 0 Å². The third-order valence-corrected chi connectivity index (χ3v) is 3.46. The molecule has 2 heterocycles. The summed E-state index contributed by atoms with van der Waals surface area (Å²) < 4.78 is 3.78. The number of carboxylic acid groups (broad SMARTS) is 1. The van der Waals surface area contributed by atoms with E-state index in [1.54, 1.807) is 24.4 Å². The van der Waals surface area contributed by atoms with E-state index in [-0.39, 0.29) is 11.6 Å². The zero-order valence-electron chi connectivity index (χ0n) is 11.2. The van der Waals surface area contributed by atoms with Gasteiger partial charge in [-0.15, -0.1) is 0 Å². The highest BCUT2D eigenvalue weighted by Gasteiger charge is 2.17. The Morgan fingerprint density at radius 2 is 2.20 bits per heavy atom. The molecule has 0 spiro atoms. The van der Waals surface area contributed by atoms with Crippen molar-refractivity contribution >= 4 is 17.0 Å². The van der Waals surface area contributed by atoms with Crippen LogP contribution in [0.5, 0.6) is 0 Å². The lowest BCUT2D eigenvalue weighted by Gasteiger charge is -2.11. The van der Waals surface area contributed by atoms with Crippen LogP contribution in [0.2, 0.25) is 0 Å². The van der Waals surface area contributed by atoms with Crippen LogP contribution in [0.25, 0.3) is 11.0 Å². The first-order chi connectivity index (χ1) is 9.58. The Bertz CT molecular complexity index is 774. The molecule has 0 radical (unpaired) electrons. The number of aromatic carboxylic acids is 1. The lowest BCUT2D eigenvalue weighted by atomic mass is 10.2. The minimum absolute atomic E-state index is 0.0179. The van der Waals surface area contributed by atoms with Crippen LogP contribution >= 0.6 is 0 Å². The van der Waals surface area contributed by atoms with E-state index >= 15 is 0 Å². The molecular weight excluding hydrogens is 256 g/mol. The maximum absolute atomic E-state index is 11.0. The van der Waals surface area contributed by atoms with Gasteiger partial charge in [-0.2, -0.15) is 5.10 Å². The van der Waals surface area contributed by atoms with Crippen LogP contribution < -0.4 is 0 Å². The van der Waals surface area contributed by atoms with Gasteiger partial charge in [0.05, 0.1) is 16.6 Å². The summed E-state index contributed by atoms with van der Waals surface area (Å²) in [5.74, 6) is -0.106. The first-order valence-corrected chi connectivity index (χ1v) is 6.26. The second kappa shape index (κ2) is 4.48. The molecular formula is C14H14N4O2. The predicted octanol–water partition coefficient (Wildman–Crippen LogP) is 2.08. The predicted molar refractivity (Wildman–Crippen MR) is 73.7 cm³/mol. The smallest absolute Gasteiger partial charge is 0.335 e. The Hall–Kier alpha value is -2.63. The fourth-order valence-electron chi connectivity index (χ4n) is 2.35. The van der Waals surface area contributed by atoms with Gasteiger partial charge in [-0.3, -0.25) is 4.68 Å². The second-order valence-electron chi connectivity index (χ2n) is 4.70. The Kier molecular flexibility index (Phi) is 2.78. The van der Waals surface area contributed by atoms with Crippen LogP contribution in [-0.4, -0.2) is 30.4 Å². The van der Waals surface area contributed by atoms with Gasteiger partial charge in [0.15, 0.2) is 0 Å². The fourth-order valence-corrected chi connectivity index (χ4v) is 2.35. The second-order valence-corrected chi connectivity index (χ2v) is 4.70. The molecule has 6 heteroatoms. The Labute approximate surface area is 115 Å². The van der Waals surface area contributed by atoms with Gasteiger partial charge >= 0.3 is 5.97 Å². The number of benzene rings is 1. The van der Waals surface area contributed by atoms with E-state index in [4.69, 9.17) is 5.11 Å². The quantitative estimate of drug-likeness (QED) is 0.790. The standard InChI is InChI=1S/C14H14N4O2/c1-9(18-7-3-6-15-18)13-16-11-8-10(14(19)20)4-5-12(11)17(13)2/h3-9H,1-2H3,(H,19,20). The number of fused-ring (bicyclic) bond motifs is 1. The van der Waals surface area contributed by atoms with Gasteiger partial charge in [0.25, 0.3) is 0 Å². The van der Waals surface area contributed by atoms with Crippen molar-refractivity contribution in [1.29, 1.82) is 0 Å². The number of hydrogen-bond donors (Lipinski definition) is 1. The molecule has 1 atom stereocenters. The van der Waals surface area contributed by atoms with Crippen molar-refractivity contribution in [2.45, 2.75) is 13.0 Å². The summed E-state index contributed by atoms with van der Waals surface area (Å²) >= 11 is 0. The zero-order valence-corrected chi connectivity index (χ0v) is 11.2. The first kappa shape index (κ1) is 12.4. The first-order valence-electron chi connectivity index (χ1n) is 6.26. The number of nitrogens with zero attached hydrogens (tertiary/aromatic N) is 4. The summed E-state index contributed by atoms with van der Waals surface area (Å²) in [6.07, 6.45) is 3.61. The van der Waals surface area contributed by atoms with Crippen molar-refractivity contribution < 1.29 is 9.90 Å². The van der Waals surface area contributed by atoms with E-state index in [2.05, 4.69) is 10.1 Å². The van der Waals surface area contributed by atoms with Crippen LogP contribution in [0.1, 0.15) is 29.1 Å². The molecule has 3 aromatic rings. The molecule has 0 saturated carbocycles. The number of carbonyl (C=O) groups is 1. The van der Waals surface area contributed by atoms with Gasteiger partial charge in [-0.1, -0.05) is 0 Å². The van der Waals surface area contributed by atoms with Crippen LogP contribution in [-0.2, 0) is 7.05 Å². The van der Waals surface area contributed by atoms with E-state index in [0.717, 1.165) is 11.3 Å². The van der Waals surface area contributed by atoms with Gasteiger partial charge in [-0.25, -0.2) is 9.78 Å².